The van der Waals surface area contributed by atoms with E-state index in [1.54, 1.807) is 0 Å². The van der Waals surface area contributed by atoms with E-state index in [9.17, 15) is 4.79 Å². The van der Waals surface area contributed by atoms with Gasteiger partial charge in [-0.3, -0.25) is 4.79 Å². The summed E-state index contributed by atoms with van der Waals surface area (Å²) in [4.78, 5) is 16.2. The van der Waals surface area contributed by atoms with Gasteiger partial charge in [-0.05, 0) is 36.5 Å². The van der Waals surface area contributed by atoms with Gasteiger partial charge in [0.15, 0.2) is 0 Å². The highest BCUT2D eigenvalue weighted by Gasteiger charge is 2.46. The van der Waals surface area contributed by atoms with E-state index in [2.05, 4.69) is 43.0 Å². The zero-order valence-electron chi connectivity index (χ0n) is 14.1. The predicted octanol–water partition coefficient (Wildman–Crippen LogP) is 3.65. The molecule has 3 nitrogen and oxygen atoms in total. The molecule has 2 saturated heterocycles. The van der Waals surface area contributed by atoms with Gasteiger partial charge in [-0.25, -0.2) is 0 Å². The summed E-state index contributed by atoms with van der Waals surface area (Å²) >= 11 is 0. The van der Waals surface area contributed by atoms with E-state index in [4.69, 9.17) is 0 Å². The van der Waals surface area contributed by atoms with Gasteiger partial charge in [-0.1, -0.05) is 32.9 Å². The van der Waals surface area contributed by atoms with Crippen molar-refractivity contribution >= 4 is 11.6 Å². The Hall–Kier alpha value is -1.51. The lowest BCUT2D eigenvalue weighted by atomic mass is 9.72. The van der Waals surface area contributed by atoms with Gasteiger partial charge in [0.25, 0.3) is 0 Å². The molecule has 0 radical (unpaired) electrons. The summed E-state index contributed by atoms with van der Waals surface area (Å²) in [5.74, 6) is 0.910. The highest BCUT2D eigenvalue weighted by molar-refractivity contribution is 5.76. The predicted molar refractivity (Wildman–Crippen MR) is 91.3 cm³/mol. The first-order valence-corrected chi connectivity index (χ1v) is 8.66. The normalized spacial score (nSPS) is 20.4. The number of likely N-dealkylation sites (tertiary alicyclic amines) is 1. The van der Waals surface area contributed by atoms with Gasteiger partial charge in [-0.15, -0.1) is 0 Å². The second kappa shape index (κ2) is 5.94. The summed E-state index contributed by atoms with van der Waals surface area (Å²) in [6.07, 6.45) is 3.07. The minimum atomic E-state index is 0.317. The van der Waals surface area contributed by atoms with Gasteiger partial charge < -0.3 is 9.80 Å². The number of nitrogens with zero attached hydrogens (tertiary/aromatic N) is 2. The Morgan fingerprint density at radius 2 is 1.73 bits per heavy atom. The molecule has 120 valence electrons. The smallest absolute Gasteiger partial charge is 0.222 e. The molecule has 3 heteroatoms. The molecule has 3 rings (SSSR count). The summed E-state index contributed by atoms with van der Waals surface area (Å²) in [6, 6.07) is 9.05. The molecule has 0 bridgehead atoms. The molecule has 0 N–H and O–H groups in total. The van der Waals surface area contributed by atoms with Crippen molar-refractivity contribution in [2.75, 3.05) is 31.1 Å². The second-order valence-corrected chi connectivity index (χ2v) is 7.34. The maximum Gasteiger partial charge on any atom is 0.222 e. The number of amides is 1. The van der Waals surface area contributed by atoms with Crippen molar-refractivity contribution in [3.63, 3.8) is 0 Å². The van der Waals surface area contributed by atoms with Crippen LogP contribution in [-0.4, -0.2) is 37.0 Å². The van der Waals surface area contributed by atoms with Gasteiger partial charge >= 0.3 is 0 Å². The first kappa shape index (κ1) is 15.4. The standard InChI is InChI=1S/C19H28N2O/c1-4-18(22)21-13-19(14-21)9-11-20(12-10-19)17-7-5-16(6-8-17)15(2)3/h5-8,15H,4,9-14H2,1-3H3. The summed E-state index contributed by atoms with van der Waals surface area (Å²) in [7, 11) is 0. The molecule has 0 unspecified atom stereocenters. The van der Waals surface area contributed by atoms with Crippen LogP contribution in [0.5, 0.6) is 0 Å². The van der Waals surface area contributed by atoms with E-state index in [1.807, 2.05) is 11.8 Å². The van der Waals surface area contributed by atoms with Crippen molar-refractivity contribution in [2.24, 2.45) is 5.41 Å². The van der Waals surface area contributed by atoms with E-state index in [0.717, 1.165) is 26.2 Å². The fourth-order valence-electron chi connectivity index (χ4n) is 3.79. The van der Waals surface area contributed by atoms with Gasteiger partial charge in [0.1, 0.15) is 0 Å². The molecule has 2 aliphatic rings. The van der Waals surface area contributed by atoms with Crippen LogP contribution in [0.2, 0.25) is 0 Å². The molecular formula is C19H28N2O. The second-order valence-electron chi connectivity index (χ2n) is 7.34. The first-order valence-electron chi connectivity index (χ1n) is 8.66. The molecule has 0 atom stereocenters. The average molecular weight is 300 g/mol. The zero-order chi connectivity index (χ0) is 15.7. The summed E-state index contributed by atoms with van der Waals surface area (Å²) in [5, 5.41) is 0. The maximum atomic E-state index is 11.7. The quantitative estimate of drug-likeness (QED) is 0.850. The Morgan fingerprint density at radius 3 is 2.23 bits per heavy atom. The van der Waals surface area contributed by atoms with Crippen LogP contribution in [0.25, 0.3) is 0 Å². The maximum absolute atomic E-state index is 11.7. The first-order chi connectivity index (χ1) is 10.5. The summed E-state index contributed by atoms with van der Waals surface area (Å²) < 4.78 is 0. The molecule has 2 heterocycles. The molecule has 1 spiro atoms. The number of hydrogen-bond acceptors (Lipinski definition) is 2. The fourth-order valence-corrected chi connectivity index (χ4v) is 3.79. The number of carbonyl (C=O) groups is 1. The zero-order valence-corrected chi connectivity index (χ0v) is 14.1. The molecule has 0 aromatic heterocycles. The third-order valence-corrected chi connectivity index (χ3v) is 5.46. The Kier molecular flexibility index (Phi) is 4.16. The minimum absolute atomic E-state index is 0.317. The number of rotatable bonds is 3. The van der Waals surface area contributed by atoms with Gasteiger partial charge in [0, 0.05) is 43.7 Å². The largest absolute Gasteiger partial charge is 0.371 e. The van der Waals surface area contributed by atoms with Crippen molar-refractivity contribution in [1.82, 2.24) is 4.90 Å². The molecule has 0 aliphatic carbocycles. The molecular weight excluding hydrogens is 272 g/mol. The van der Waals surface area contributed by atoms with E-state index < -0.39 is 0 Å². The van der Waals surface area contributed by atoms with Gasteiger partial charge in [-0.2, -0.15) is 0 Å². The monoisotopic (exact) mass is 300 g/mol. The van der Waals surface area contributed by atoms with E-state index >= 15 is 0 Å². The van der Waals surface area contributed by atoms with E-state index in [1.165, 1.54) is 24.1 Å². The van der Waals surface area contributed by atoms with Crippen molar-refractivity contribution in [3.05, 3.63) is 29.8 Å². The lowest BCUT2D eigenvalue weighted by Crippen LogP contribution is -2.61. The third kappa shape index (κ3) is 2.86. The van der Waals surface area contributed by atoms with Crippen LogP contribution >= 0.6 is 0 Å². The topological polar surface area (TPSA) is 23.6 Å². The Morgan fingerprint density at radius 1 is 1.14 bits per heavy atom. The Bertz CT molecular complexity index is 519. The molecule has 0 saturated carbocycles. The van der Waals surface area contributed by atoms with Gasteiger partial charge in [0.05, 0.1) is 0 Å². The third-order valence-electron chi connectivity index (χ3n) is 5.46. The van der Waals surface area contributed by atoms with Crippen LogP contribution in [0.1, 0.15) is 51.5 Å². The molecule has 2 aliphatic heterocycles. The molecule has 22 heavy (non-hydrogen) atoms. The summed E-state index contributed by atoms with van der Waals surface area (Å²) in [5.41, 5.74) is 3.17. The molecule has 2 fully saturated rings. The highest BCUT2D eigenvalue weighted by atomic mass is 16.2. The number of benzene rings is 1. The van der Waals surface area contributed by atoms with Crippen LogP contribution in [0, 0.1) is 5.41 Å². The Balaban J connectivity index is 1.55. The lowest BCUT2D eigenvalue weighted by Gasteiger charge is -2.54. The number of piperidine rings is 1. The average Bonchev–Trinajstić information content (AvgIpc) is 2.52. The van der Waals surface area contributed by atoms with Crippen LogP contribution in [0.15, 0.2) is 24.3 Å². The fraction of sp³-hybridized carbons (Fsp3) is 0.632. The van der Waals surface area contributed by atoms with Crippen LogP contribution in [0.3, 0.4) is 0 Å². The van der Waals surface area contributed by atoms with Crippen molar-refractivity contribution < 1.29 is 4.79 Å². The van der Waals surface area contributed by atoms with Crippen LogP contribution in [-0.2, 0) is 4.79 Å². The molecule has 1 amide bonds. The van der Waals surface area contributed by atoms with Crippen LogP contribution < -0.4 is 4.90 Å². The highest BCUT2D eigenvalue weighted by Crippen LogP contribution is 2.41. The van der Waals surface area contributed by atoms with Crippen molar-refractivity contribution in [2.45, 2.75) is 46.0 Å². The van der Waals surface area contributed by atoms with Crippen LogP contribution in [0.4, 0.5) is 5.69 Å². The van der Waals surface area contributed by atoms with E-state index in [0.29, 0.717) is 23.7 Å². The summed E-state index contributed by atoms with van der Waals surface area (Å²) in [6.45, 7) is 10.6. The minimum Gasteiger partial charge on any atom is -0.371 e. The Labute approximate surface area is 134 Å². The number of anilines is 1. The van der Waals surface area contributed by atoms with E-state index in [-0.39, 0.29) is 0 Å². The molecule has 1 aromatic carbocycles. The van der Waals surface area contributed by atoms with Crippen molar-refractivity contribution in [3.8, 4) is 0 Å². The number of hydrogen-bond donors (Lipinski definition) is 0. The SMILES string of the molecule is CCC(=O)N1CC2(CCN(c3ccc(C(C)C)cc3)CC2)C1. The number of carbonyl (C=O) groups excluding carboxylic acids is 1. The lowest BCUT2D eigenvalue weighted by molar-refractivity contribution is -0.144. The molecule has 1 aromatic rings. The van der Waals surface area contributed by atoms with Crippen molar-refractivity contribution in [1.29, 1.82) is 0 Å². The van der Waals surface area contributed by atoms with Gasteiger partial charge in [0.2, 0.25) is 5.91 Å².